The predicted octanol–water partition coefficient (Wildman–Crippen LogP) is 2.24. The fourth-order valence-corrected chi connectivity index (χ4v) is 2.48. The van der Waals surface area contributed by atoms with Crippen molar-refractivity contribution in [2.45, 2.75) is 25.4 Å². The summed E-state index contributed by atoms with van der Waals surface area (Å²) in [5.74, 6) is 0.366. The molecule has 1 aliphatic rings. The summed E-state index contributed by atoms with van der Waals surface area (Å²) in [6.07, 6.45) is 2.64. The maximum Gasteiger partial charge on any atom is 0.0621 e. The summed E-state index contributed by atoms with van der Waals surface area (Å²) in [7, 11) is 0. The monoisotopic (exact) mass is 239 g/mol. The molecule has 0 radical (unpaired) electrons. The van der Waals surface area contributed by atoms with Gasteiger partial charge < -0.3 is 10.4 Å². The Morgan fingerprint density at radius 2 is 2.25 bits per heavy atom. The topological polar surface area (TPSA) is 32.3 Å². The molecular formula is C13H18ClNO. The Hall–Kier alpha value is -0.570. The van der Waals surface area contributed by atoms with Gasteiger partial charge in [0.1, 0.15) is 0 Å². The van der Waals surface area contributed by atoms with E-state index in [1.165, 1.54) is 0 Å². The lowest BCUT2D eigenvalue weighted by Gasteiger charge is -2.27. The molecule has 0 saturated carbocycles. The molecule has 2 unspecified atom stereocenters. The molecule has 0 spiro atoms. The van der Waals surface area contributed by atoms with Crippen molar-refractivity contribution in [3.63, 3.8) is 0 Å². The van der Waals surface area contributed by atoms with Gasteiger partial charge in [0.15, 0.2) is 0 Å². The highest BCUT2D eigenvalue weighted by atomic mass is 35.5. The van der Waals surface area contributed by atoms with E-state index in [2.05, 4.69) is 5.32 Å². The number of nitrogens with one attached hydrogen (secondary N) is 1. The Labute approximate surface area is 102 Å². The normalized spacial score (nSPS) is 23.0. The Morgan fingerprint density at radius 1 is 1.44 bits per heavy atom. The third-order valence-corrected chi connectivity index (χ3v) is 3.63. The van der Waals surface area contributed by atoms with Crippen LogP contribution in [0.1, 0.15) is 18.4 Å². The standard InChI is InChI=1S/C13H18ClNO/c14-12-6-2-1-4-10(12)8-13(16)11-5-3-7-15-9-11/h1-2,4,6,11,13,15-16H,3,5,7-9H2. The third kappa shape index (κ3) is 2.97. The largest absolute Gasteiger partial charge is 0.392 e. The summed E-state index contributed by atoms with van der Waals surface area (Å²) in [5.41, 5.74) is 1.04. The minimum absolute atomic E-state index is 0.285. The maximum atomic E-state index is 10.2. The van der Waals surface area contributed by atoms with Crippen LogP contribution in [0.3, 0.4) is 0 Å². The number of benzene rings is 1. The van der Waals surface area contributed by atoms with Crippen LogP contribution in [-0.2, 0) is 6.42 Å². The smallest absolute Gasteiger partial charge is 0.0621 e. The first-order valence-electron chi connectivity index (χ1n) is 5.89. The van der Waals surface area contributed by atoms with Gasteiger partial charge in [-0.3, -0.25) is 0 Å². The predicted molar refractivity (Wildman–Crippen MR) is 66.8 cm³/mol. The molecule has 0 aliphatic carbocycles. The molecule has 2 atom stereocenters. The number of rotatable bonds is 3. The minimum Gasteiger partial charge on any atom is -0.392 e. The molecule has 2 nitrogen and oxygen atoms in total. The first kappa shape index (κ1) is 11.9. The number of hydrogen-bond acceptors (Lipinski definition) is 2. The molecule has 88 valence electrons. The molecule has 0 bridgehead atoms. The second-order valence-corrected chi connectivity index (χ2v) is 4.88. The first-order chi connectivity index (χ1) is 7.77. The Bertz CT molecular complexity index is 336. The van der Waals surface area contributed by atoms with Crippen LogP contribution in [0.4, 0.5) is 0 Å². The van der Waals surface area contributed by atoms with Crippen LogP contribution in [0.5, 0.6) is 0 Å². The van der Waals surface area contributed by atoms with Crippen LogP contribution in [-0.4, -0.2) is 24.3 Å². The van der Waals surface area contributed by atoms with Gasteiger partial charge in [0, 0.05) is 18.0 Å². The summed E-state index contributed by atoms with van der Waals surface area (Å²) in [6, 6.07) is 7.75. The Morgan fingerprint density at radius 3 is 2.94 bits per heavy atom. The zero-order valence-electron chi connectivity index (χ0n) is 9.32. The van der Waals surface area contributed by atoms with Crippen molar-refractivity contribution in [3.8, 4) is 0 Å². The van der Waals surface area contributed by atoms with E-state index >= 15 is 0 Å². The van der Waals surface area contributed by atoms with Gasteiger partial charge in [-0.15, -0.1) is 0 Å². The van der Waals surface area contributed by atoms with Gasteiger partial charge in [0.25, 0.3) is 0 Å². The fraction of sp³-hybridized carbons (Fsp3) is 0.538. The van der Waals surface area contributed by atoms with Gasteiger partial charge in [-0.2, -0.15) is 0 Å². The van der Waals surface area contributed by atoms with E-state index in [4.69, 9.17) is 11.6 Å². The van der Waals surface area contributed by atoms with E-state index < -0.39 is 0 Å². The zero-order chi connectivity index (χ0) is 11.4. The molecule has 0 aromatic heterocycles. The maximum absolute atomic E-state index is 10.2. The Balaban J connectivity index is 1.96. The van der Waals surface area contributed by atoms with Crippen molar-refractivity contribution >= 4 is 11.6 Å². The first-order valence-corrected chi connectivity index (χ1v) is 6.27. The van der Waals surface area contributed by atoms with Gasteiger partial charge >= 0.3 is 0 Å². The van der Waals surface area contributed by atoms with Crippen molar-refractivity contribution in [1.82, 2.24) is 5.32 Å². The van der Waals surface area contributed by atoms with Crippen molar-refractivity contribution < 1.29 is 5.11 Å². The number of piperidine rings is 1. The van der Waals surface area contributed by atoms with E-state index in [9.17, 15) is 5.11 Å². The molecule has 1 fully saturated rings. The van der Waals surface area contributed by atoms with Gasteiger partial charge in [-0.05, 0) is 36.9 Å². The summed E-state index contributed by atoms with van der Waals surface area (Å²) in [4.78, 5) is 0. The number of aliphatic hydroxyl groups is 1. The van der Waals surface area contributed by atoms with Gasteiger partial charge in [0.05, 0.1) is 6.10 Å². The van der Waals surface area contributed by atoms with E-state index in [-0.39, 0.29) is 6.10 Å². The Kier molecular flexibility index (Phi) is 4.22. The molecule has 3 heteroatoms. The van der Waals surface area contributed by atoms with Crippen LogP contribution in [0, 0.1) is 5.92 Å². The molecule has 1 saturated heterocycles. The average molecular weight is 240 g/mol. The SMILES string of the molecule is OC(Cc1ccccc1Cl)C1CCCNC1. The number of hydrogen-bond donors (Lipinski definition) is 2. The summed E-state index contributed by atoms with van der Waals surface area (Å²) >= 11 is 6.08. The minimum atomic E-state index is -0.285. The molecule has 16 heavy (non-hydrogen) atoms. The molecule has 1 aromatic carbocycles. The summed E-state index contributed by atoms with van der Waals surface area (Å²) in [6.45, 7) is 2.00. The van der Waals surface area contributed by atoms with E-state index in [1.54, 1.807) is 0 Å². The molecule has 2 N–H and O–H groups in total. The van der Waals surface area contributed by atoms with Crippen molar-refractivity contribution in [2.75, 3.05) is 13.1 Å². The molecule has 0 amide bonds. The highest BCUT2D eigenvalue weighted by Crippen LogP contribution is 2.22. The third-order valence-electron chi connectivity index (χ3n) is 3.27. The average Bonchev–Trinajstić information content (AvgIpc) is 2.33. The van der Waals surface area contributed by atoms with E-state index in [0.29, 0.717) is 12.3 Å². The highest BCUT2D eigenvalue weighted by molar-refractivity contribution is 6.31. The second-order valence-electron chi connectivity index (χ2n) is 4.47. The van der Waals surface area contributed by atoms with Gasteiger partial charge in [0.2, 0.25) is 0 Å². The van der Waals surface area contributed by atoms with Crippen molar-refractivity contribution in [2.24, 2.45) is 5.92 Å². The van der Waals surface area contributed by atoms with Gasteiger partial charge in [-0.25, -0.2) is 0 Å². The lowest BCUT2D eigenvalue weighted by atomic mass is 9.90. The lowest BCUT2D eigenvalue weighted by molar-refractivity contribution is 0.0922. The fourth-order valence-electron chi connectivity index (χ4n) is 2.26. The van der Waals surface area contributed by atoms with Crippen molar-refractivity contribution in [1.29, 1.82) is 0 Å². The zero-order valence-corrected chi connectivity index (χ0v) is 10.1. The van der Waals surface area contributed by atoms with E-state index in [0.717, 1.165) is 36.5 Å². The van der Waals surface area contributed by atoms with Crippen LogP contribution in [0.2, 0.25) is 5.02 Å². The van der Waals surface area contributed by atoms with Crippen LogP contribution in [0.15, 0.2) is 24.3 Å². The molecule has 1 aromatic rings. The number of halogens is 1. The molecule has 1 aliphatic heterocycles. The van der Waals surface area contributed by atoms with Crippen LogP contribution in [0.25, 0.3) is 0 Å². The summed E-state index contributed by atoms with van der Waals surface area (Å²) in [5, 5.41) is 14.2. The molecular weight excluding hydrogens is 222 g/mol. The van der Waals surface area contributed by atoms with Gasteiger partial charge in [-0.1, -0.05) is 29.8 Å². The number of aliphatic hydroxyl groups excluding tert-OH is 1. The van der Waals surface area contributed by atoms with Crippen LogP contribution < -0.4 is 5.32 Å². The highest BCUT2D eigenvalue weighted by Gasteiger charge is 2.22. The quantitative estimate of drug-likeness (QED) is 0.848. The molecule has 2 rings (SSSR count). The van der Waals surface area contributed by atoms with Crippen LogP contribution >= 0.6 is 11.6 Å². The molecule has 1 heterocycles. The lowest BCUT2D eigenvalue weighted by Crippen LogP contribution is -2.37. The summed E-state index contributed by atoms with van der Waals surface area (Å²) < 4.78 is 0. The van der Waals surface area contributed by atoms with Crippen molar-refractivity contribution in [3.05, 3.63) is 34.9 Å². The van der Waals surface area contributed by atoms with E-state index in [1.807, 2.05) is 24.3 Å². The second kappa shape index (κ2) is 5.67.